The molecule has 0 aliphatic heterocycles. The number of carbonyl (C=O) groups excluding carboxylic acids is 1. The molecule has 1 N–H and O–H groups in total. The molecule has 0 radical (unpaired) electrons. The first kappa shape index (κ1) is 9.46. The molecule has 2 rings (SSSR count). The van der Waals surface area contributed by atoms with E-state index < -0.39 is 5.82 Å². The Labute approximate surface area is 86.1 Å². The SMILES string of the molecule is O=C(NC1CC1)c1cccc(F)c1Cl. The summed E-state index contributed by atoms with van der Waals surface area (Å²) in [6, 6.07) is 4.48. The van der Waals surface area contributed by atoms with Gasteiger partial charge in [-0.05, 0) is 25.0 Å². The maximum atomic E-state index is 13.0. The molecule has 4 heteroatoms. The number of nitrogens with one attached hydrogen (secondary N) is 1. The average Bonchev–Trinajstić information content (AvgIpc) is 2.93. The number of rotatable bonds is 2. The van der Waals surface area contributed by atoms with E-state index in [0.29, 0.717) is 0 Å². The van der Waals surface area contributed by atoms with Gasteiger partial charge in [0, 0.05) is 6.04 Å². The summed E-state index contributed by atoms with van der Waals surface area (Å²) in [5.41, 5.74) is 0.207. The maximum absolute atomic E-state index is 13.0. The lowest BCUT2D eigenvalue weighted by molar-refractivity contribution is 0.0951. The Morgan fingerprint density at radius 1 is 1.50 bits per heavy atom. The molecule has 0 aromatic heterocycles. The van der Waals surface area contributed by atoms with Gasteiger partial charge in [-0.2, -0.15) is 0 Å². The topological polar surface area (TPSA) is 29.1 Å². The fourth-order valence-electron chi connectivity index (χ4n) is 1.17. The molecule has 0 bridgehead atoms. The van der Waals surface area contributed by atoms with Crippen molar-refractivity contribution in [2.24, 2.45) is 0 Å². The highest BCUT2D eigenvalue weighted by molar-refractivity contribution is 6.34. The van der Waals surface area contributed by atoms with E-state index in [1.165, 1.54) is 18.2 Å². The van der Waals surface area contributed by atoms with Crippen LogP contribution in [0.4, 0.5) is 4.39 Å². The molecule has 0 spiro atoms. The molecule has 0 atom stereocenters. The van der Waals surface area contributed by atoms with Crippen molar-refractivity contribution in [2.75, 3.05) is 0 Å². The Kier molecular flexibility index (Phi) is 2.42. The fourth-order valence-corrected chi connectivity index (χ4v) is 1.38. The van der Waals surface area contributed by atoms with Crippen LogP contribution in [0.5, 0.6) is 0 Å². The molecule has 1 aromatic rings. The van der Waals surface area contributed by atoms with Gasteiger partial charge in [-0.1, -0.05) is 17.7 Å². The molecule has 74 valence electrons. The van der Waals surface area contributed by atoms with Crippen LogP contribution in [0, 0.1) is 5.82 Å². The predicted octanol–water partition coefficient (Wildman–Crippen LogP) is 2.37. The van der Waals surface area contributed by atoms with Crippen molar-refractivity contribution in [3.05, 3.63) is 34.6 Å². The van der Waals surface area contributed by atoms with Gasteiger partial charge >= 0.3 is 0 Å². The van der Waals surface area contributed by atoms with Gasteiger partial charge in [0.25, 0.3) is 5.91 Å². The minimum Gasteiger partial charge on any atom is -0.349 e. The molecule has 1 fully saturated rings. The van der Waals surface area contributed by atoms with Crippen LogP contribution in [-0.4, -0.2) is 11.9 Å². The van der Waals surface area contributed by atoms with E-state index in [4.69, 9.17) is 11.6 Å². The second-order valence-electron chi connectivity index (χ2n) is 3.35. The van der Waals surface area contributed by atoms with Crippen LogP contribution in [0.1, 0.15) is 23.2 Å². The van der Waals surface area contributed by atoms with E-state index in [0.717, 1.165) is 12.8 Å². The first-order valence-corrected chi connectivity index (χ1v) is 4.81. The molecule has 1 aromatic carbocycles. The summed E-state index contributed by atoms with van der Waals surface area (Å²) in [6.07, 6.45) is 2.00. The smallest absolute Gasteiger partial charge is 0.253 e. The van der Waals surface area contributed by atoms with Gasteiger partial charge < -0.3 is 5.32 Å². The zero-order valence-corrected chi connectivity index (χ0v) is 8.14. The van der Waals surface area contributed by atoms with E-state index in [9.17, 15) is 9.18 Å². The lowest BCUT2D eigenvalue weighted by atomic mass is 10.2. The fraction of sp³-hybridized carbons (Fsp3) is 0.300. The van der Waals surface area contributed by atoms with Crippen molar-refractivity contribution >= 4 is 17.5 Å². The van der Waals surface area contributed by atoms with Crippen molar-refractivity contribution in [3.63, 3.8) is 0 Å². The molecular weight excluding hydrogens is 205 g/mol. The van der Waals surface area contributed by atoms with Gasteiger partial charge in [-0.25, -0.2) is 4.39 Å². The average molecular weight is 214 g/mol. The number of hydrogen-bond donors (Lipinski definition) is 1. The second kappa shape index (κ2) is 3.58. The molecule has 0 unspecified atom stereocenters. The monoisotopic (exact) mass is 213 g/mol. The summed E-state index contributed by atoms with van der Waals surface area (Å²) in [5, 5.41) is 2.64. The normalized spacial score (nSPS) is 15.3. The molecule has 0 heterocycles. The Hall–Kier alpha value is -1.09. The van der Waals surface area contributed by atoms with Crippen molar-refractivity contribution in [2.45, 2.75) is 18.9 Å². The Morgan fingerprint density at radius 2 is 2.21 bits per heavy atom. The Balaban J connectivity index is 2.21. The van der Waals surface area contributed by atoms with Gasteiger partial charge in [0.05, 0.1) is 10.6 Å². The van der Waals surface area contributed by atoms with E-state index in [1.54, 1.807) is 0 Å². The van der Waals surface area contributed by atoms with E-state index >= 15 is 0 Å². The number of benzene rings is 1. The standard InChI is InChI=1S/C10H9ClFNO/c11-9-7(2-1-3-8(9)12)10(14)13-6-4-5-6/h1-3,6H,4-5H2,(H,13,14). The second-order valence-corrected chi connectivity index (χ2v) is 3.73. The van der Waals surface area contributed by atoms with Gasteiger partial charge in [-0.3, -0.25) is 4.79 Å². The van der Waals surface area contributed by atoms with Gasteiger partial charge in [0.2, 0.25) is 0 Å². The molecular formula is C10H9ClFNO. The van der Waals surface area contributed by atoms with Crippen LogP contribution in [0.3, 0.4) is 0 Å². The summed E-state index contributed by atoms with van der Waals surface area (Å²) >= 11 is 5.66. The lowest BCUT2D eigenvalue weighted by Crippen LogP contribution is -2.25. The molecule has 1 amide bonds. The maximum Gasteiger partial charge on any atom is 0.253 e. The van der Waals surface area contributed by atoms with E-state index in [-0.39, 0.29) is 22.5 Å². The third-order valence-electron chi connectivity index (χ3n) is 2.11. The first-order valence-electron chi connectivity index (χ1n) is 4.43. The summed E-state index contributed by atoms with van der Waals surface area (Å²) < 4.78 is 13.0. The first-order chi connectivity index (χ1) is 6.68. The zero-order chi connectivity index (χ0) is 10.1. The van der Waals surface area contributed by atoms with E-state index in [2.05, 4.69) is 5.32 Å². The minimum atomic E-state index is -0.560. The zero-order valence-electron chi connectivity index (χ0n) is 7.39. The van der Waals surface area contributed by atoms with Crippen LogP contribution in [0.2, 0.25) is 5.02 Å². The van der Waals surface area contributed by atoms with Crippen LogP contribution in [0.15, 0.2) is 18.2 Å². The molecule has 1 saturated carbocycles. The Morgan fingerprint density at radius 3 is 2.86 bits per heavy atom. The summed E-state index contributed by atoms with van der Waals surface area (Å²) in [5.74, 6) is -0.855. The van der Waals surface area contributed by atoms with Crippen molar-refractivity contribution in [1.82, 2.24) is 5.32 Å². The van der Waals surface area contributed by atoms with Crippen molar-refractivity contribution < 1.29 is 9.18 Å². The van der Waals surface area contributed by atoms with Crippen LogP contribution in [0.25, 0.3) is 0 Å². The minimum absolute atomic E-state index is 0.106. The quantitative estimate of drug-likeness (QED) is 0.803. The largest absolute Gasteiger partial charge is 0.349 e. The van der Waals surface area contributed by atoms with Gasteiger partial charge in [0.15, 0.2) is 0 Å². The highest BCUT2D eigenvalue weighted by atomic mass is 35.5. The molecule has 1 aliphatic carbocycles. The molecule has 14 heavy (non-hydrogen) atoms. The van der Waals surface area contributed by atoms with Crippen LogP contribution in [-0.2, 0) is 0 Å². The summed E-state index contributed by atoms with van der Waals surface area (Å²) in [7, 11) is 0. The third kappa shape index (κ3) is 1.87. The molecule has 2 nitrogen and oxygen atoms in total. The predicted molar refractivity (Wildman–Crippen MR) is 51.9 cm³/mol. The summed E-state index contributed by atoms with van der Waals surface area (Å²) in [6.45, 7) is 0. The Bertz CT molecular complexity index is 376. The van der Waals surface area contributed by atoms with Gasteiger partial charge in [-0.15, -0.1) is 0 Å². The number of halogens is 2. The highest BCUT2D eigenvalue weighted by Gasteiger charge is 2.25. The summed E-state index contributed by atoms with van der Waals surface area (Å²) in [4.78, 5) is 11.5. The van der Waals surface area contributed by atoms with Crippen molar-refractivity contribution in [3.8, 4) is 0 Å². The van der Waals surface area contributed by atoms with Crippen LogP contribution >= 0.6 is 11.6 Å². The van der Waals surface area contributed by atoms with E-state index in [1.807, 2.05) is 0 Å². The number of carbonyl (C=O) groups is 1. The van der Waals surface area contributed by atoms with Crippen LogP contribution < -0.4 is 5.32 Å². The van der Waals surface area contributed by atoms with Gasteiger partial charge in [0.1, 0.15) is 5.82 Å². The van der Waals surface area contributed by atoms with Crippen molar-refractivity contribution in [1.29, 1.82) is 0 Å². The lowest BCUT2D eigenvalue weighted by Gasteiger charge is -2.05. The number of amides is 1. The number of hydrogen-bond acceptors (Lipinski definition) is 1. The molecule has 0 saturated heterocycles. The molecule has 1 aliphatic rings. The highest BCUT2D eigenvalue weighted by Crippen LogP contribution is 2.23. The third-order valence-corrected chi connectivity index (χ3v) is 2.49.